The topological polar surface area (TPSA) is 96.8 Å². The van der Waals surface area contributed by atoms with Gasteiger partial charge in [-0.2, -0.15) is 0 Å². The second kappa shape index (κ2) is 7.35. The Balaban J connectivity index is 1.93. The number of aromatic nitrogens is 1. The number of methoxy groups -OCH3 is 1. The maximum absolute atomic E-state index is 12.5. The second-order valence-corrected chi connectivity index (χ2v) is 6.75. The number of aliphatic carboxylic acids is 1. The normalized spacial score (nSPS) is 23.8. The fourth-order valence-corrected chi connectivity index (χ4v) is 4.13. The third kappa shape index (κ3) is 3.25. The molecule has 1 aromatic heterocycles. The smallest absolute Gasteiger partial charge is 0.331 e. The van der Waals surface area contributed by atoms with Gasteiger partial charge >= 0.3 is 11.9 Å². The molecule has 1 amide bonds. The Bertz CT molecular complexity index is 865. The van der Waals surface area contributed by atoms with E-state index in [1.54, 1.807) is 35.9 Å². The Hall–Kier alpha value is -2.58. The van der Waals surface area contributed by atoms with Gasteiger partial charge in [0.2, 0.25) is 0 Å². The Morgan fingerprint density at radius 3 is 2.81 bits per heavy atom. The Morgan fingerprint density at radius 1 is 1.42 bits per heavy atom. The number of β-lactam (4-membered cyclic amide) rings is 1. The average Bonchev–Trinajstić information content (AvgIpc) is 2.65. The van der Waals surface area contributed by atoms with E-state index in [1.807, 2.05) is 0 Å². The molecule has 0 saturated carbocycles. The van der Waals surface area contributed by atoms with Gasteiger partial charge in [-0.3, -0.25) is 9.78 Å². The van der Waals surface area contributed by atoms with Crippen molar-refractivity contribution in [1.29, 1.82) is 0 Å². The van der Waals surface area contributed by atoms with Crippen LogP contribution in [0.3, 0.4) is 0 Å². The zero-order chi connectivity index (χ0) is 18.8. The number of pyridine rings is 1. The van der Waals surface area contributed by atoms with Gasteiger partial charge in [0.05, 0.1) is 23.4 Å². The van der Waals surface area contributed by atoms with E-state index in [0.29, 0.717) is 11.3 Å². The zero-order valence-electron chi connectivity index (χ0n) is 13.5. The number of halogens is 1. The molecular formula is C17H13ClN2O5S. The lowest BCUT2D eigenvalue weighted by Gasteiger charge is -2.48. The standard InChI is InChI=1S/C17H13ClN2O5S/c1-25-13(21)7-12(18)11-8-26-16-10(6-9-4-2-3-5-19-9)15(22)20(16)14(11)17(23)24/h2-8,14,16H,1H3,(H,23,24)/b10-6-,12-7?/t14?,16-/m0/s1. The van der Waals surface area contributed by atoms with Gasteiger partial charge in [-0.15, -0.1) is 11.8 Å². The Kier molecular flexibility index (Phi) is 5.15. The fraction of sp³-hybridized carbons (Fsp3) is 0.176. The Labute approximate surface area is 158 Å². The number of rotatable bonds is 4. The van der Waals surface area contributed by atoms with Crippen LogP contribution in [0, 0.1) is 0 Å². The van der Waals surface area contributed by atoms with Crippen LogP contribution in [0.1, 0.15) is 5.69 Å². The van der Waals surface area contributed by atoms with Gasteiger partial charge in [0.15, 0.2) is 6.04 Å². The molecule has 0 bridgehead atoms. The molecule has 26 heavy (non-hydrogen) atoms. The molecule has 134 valence electrons. The molecule has 2 atom stereocenters. The predicted molar refractivity (Wildman–Crippen MR) is 95.9 cm³/mol. The first kappa shape index (κ1) is 18.2. The lowest BCUT2D eigenvalue weighted by atomic mass is 9.96. The van der Waals surface area contributed by atoms with Crippen molar-refractivity contribution in [2.24, 2.45) is 0 Å². The fourth-order valence-electron chi connectivity index (χ4n) is 2.63. The number of hydrogen-bond acceptors (Lipinski definition) is 6. The summed E-state index contributed by atoms with van der Waals surface area (Å²) < 4.78 is 4.50. The van der Waals surface area contributed by atoms with Crippen molar-refractivity contribution in [2.75, 3.05) is 7.11 Å². The molecule has 0 aliphatic carbocycles. The number of hydrogen-bond donors (Lipinski definition) is 1. The molecule has 0 aromatic carbocycles. The predicted octanol–water partition coefficient (Wildman–Crippen LogP) is 2.01. The number of amides is 1. The highest BCUT2D eigenvalue weighted by atomic mass is 35.5. The molecule has 0 radical (unpaired) electrons. The molecule has 3 rings (SSSR count). The van der Waals surface area contributed by atoms with Gasteiger partial charge in [0.25, 0.3) is 5.91 Å². The van der Waals surface area contributed by atoms with Gasteiger partial charge in [-0.25, -0.2) is 9.59 Å². The number of thioether (sulfide) groups is 1. The third-order valence-corrected chi connectivity index (χ3v) is 5.30. The van der Waals surface area contributed by atoms with Crippen molar-refractivity contribution >= 4 is 47.3 Å². The van der Waals surface area contributed by atoms with Crippen LogP contribution in [-0.2, 0) is 19.1 Å². The number of carbonyl (C=O) groups excluding carboxylic acids is 2. The summed E-state index contributed by atoms with van der Waals surface area (Å²) in [6, 6.07) is 4.03. The molecule has 3 heterocycles. The summed E-state index contributed by atoms with van der Waals surface area (Å²) in [5.41, 5.74) is 1.24. The monoisotopic (exact) mass is 392 g/mol. The number of fused-ring (bicyclic) bond motifs is 1. The van der Waals surface area contributed by atoms with Crippen molar-refractivity contribution < 1.29 is 24.2 Å². The van der Waals surface area contributed by atoms with E-state index in [9.17, 15) is 19.5 Å². The average molecular weight is 393 g/mol. The molecule has 9 heteroatoms. The molecule has 1 fully saturated rings. The summed E-state index contributed by atoms with van der Waals surface area (Å²) in [5.74, 6) is -2.35. The van der Waals surface area contributed by atoms with Crippen molar-refractivity contribution in [1.82, 2.24) is 9.88 Å². The number of nitrogens with zero attached hydrogens (tertiary/aromatic N) is 2. The van der Waals surface area contributed by atoms with E-state index >= 15 is 0 Å². The summed E-state index contributed by atoms with van der Waals surface area (Å²) in [6.07, 6.45) is 4.23. The van der Waals surface area contributed by atoms with E-state index in [2.05, 4.69) is 9.72 Å². The molecule has 0 spiro atoms. The maximum Gasteiger partial charge on any atom is 0.331 e. The summed E-state index contributed by atoms with van der Waals surface area (Å²) in [6.45, 7) is 0. The van der Waals surface area contributed by atoms with Crippen LogP contribution in [-0.4, -0.2) is 51.4 Å². The molecule has 1 saturated heterocycles. The SMILES string of the molecule is COC(=O)C=C(Cl)C1=CS[C@H]2/C(=C\c3ccccn3)C(=O)N2C1C(=O)O. The number of carboxylic acid groups (broad SMARTS) is 1. The minimum atomic E-state index is -1.27. The quantitative estimate of drug-likeness (QED) is 0.475. The summed E-state index contributed by atoms with van der Waals surface area (Å²) in [7, 11) is 1.19. The molecule has 1 unspecified atom stereocenters. The van der Waals surface area contributed by atoms with Gasteiger partial charge in [0.1, 0.15) is 5.37 Å². The minimum Gasteiger partial charge on any atom is -0.479 e. The molecule has 2 aliphatic rings. The molecule has 7 nitrogen and oxygen atoms in total. The summed E-state index contributed by atoms with van der Waals surface area (Å²) >= 11 is 7.32. The van der Waals surface area contributed by atoms with Crippen molar-refractivity contribution in [3.63, 3.8) is 0 Å². The molecular weight excluding hydrogens is 380 g/mol. The highest BCUT2D eigenvalue weighted by molar-refractivity contribution is 8.03. The first-order valence-corrected chi connectivity index (χ1v) is 8.75. The van der Waals surface area contributed by atoms with Crippen LogP contribution < -0.4 is 0 Å². The number of esters is 1. The van der Waals surface area contributed by atoms with Gasteiger partial charge < -0.3 is 14.7 Å². The van der Waals surface area contributed by atoms with Crippen molar-refractivity contribution in [2.45, 2.75) is 11.4 Å². The van der Waals surface area contributed by atoms with Gasteiger partial charge in [-0.1, -0.05) is 17.7 Å². The van der Waals surface area contributed by atoms with Gasteiger partial charge in [0, 0.05) is 17.8 Å². The van der Waals surface area contributed by atoms with Crippen LogP contribution in [0.25, 0.3) is 6.08 Å². The van der Waals surface area contributed by atoms with Crippen LogP contribution in [0.4, 0.5) is 0 Å². The highest BCUT2D eigenvalue weighted by Crippen LogP contribution is 2.45. The number of ether oxygens (including phenoxy) is 1. The van der Waals surface area contributed by atoms with Crippen LogP contribution in [0.2, 0.25) is 0 Å². The lowest BCUT2D eigenvalue weighted by Crippen LogP contribution is -2.62. The van der Waals surface area contributed by atoms with E-state index in [4.69, 9.17) is 11.6 Å². The molecule has 2 aliphatic heterocycles. The summed E-state index contributed by atoms with van der Waals surface area (Å²) in [4.78, 5) is 41.0. The third-order valence-electron chi connectivity index (χ3n) is 3.84. The van der Waals surface area contributed by atoms with E-state index in [-0.39, 0.29) is 10.6 Å². The van der Waals surface area contributed by atoms with E-state index in [1.165, 1.54) is 23.8 Å². The van der Waals surface area contributed by atoms with E-state index < -0.39 is 29.3 Å². The summed E-state index contributed by atoms with van der Waals surface area (Å²) in [5, 5.41) is 10.6. The molecule has 1 aromatic rings. The number of carbonyl (C=O) groups is 3. The van der Waals surface area contributed by atoms with Crippen molar-refractivity contribution in [3.8, 4) is 0 Å². The maximum atomic E-state index is 12.5. The molecule has 1 N–H and O–H groups in total. The number of carboxylic acids is 1. The van der Waals surface area contributed by atoms with Crippen LogP contribution in [0.15, 0.2) is 52.1 Å². The zero-order valence-corrected chi connectivity index (χ0v) is 15.0. The minimum absolute atomic E-state index is 0.0786. The van der Waals surface area contributed by atoms with Crippen LogP contribution >= 0.6 is 23.4 Å². The first-order chi connectivity index (χ1) is 12.4. The first-order valence-electron chi connectivity index (χ1n) is 7.43. The lowest BCUT2D eigenvalue weighted by molar-refractivity contribution is -0.151. The largest absolute Gasteiger partial charge is 0.479 e. The Morgan fingerprint density at radius 2 is 2.19 bits per heavy atom. The second-order valence-electron chi connectivity index (χ2n) is 5.38. The van der Waals surface area contributed by atoms with E-state index in [0.717, 1.165) is 6.08 Å². The highest BCUT2D eigenvalue weighted by Gasteiger charge is 2.52. The van der Waals surface area contributed by atoms with Gasteiger partial charge in [-0.05, 0) is 23.6 Å². The van der Waals surface area contributed by atoms with Crippen molar-refractivity contribution in [3.05, 3.63) is 57.8 Å². The van der Waals surface area contributed by atoms with Crippen LogP contribution in [0.5, 0.6) is 0 Å².